The van der Waals surface area contributed by atoms with Crippen LogP contribution in [-0.2, 0) is 6.54 Å². The molecule has 0 bridgehead atoms. The van der Waals surface area contributed by atoms with Crippen LogP contribution < -0.4 is 15.8 Å². The van der Waals surface area contributed by atoms with Gasteiger partial charge in [-0.2, -0.15) is 0 Å². The molecular weight excluding hydrogens is 264 g/mol. The van der Waals surface area contributed by atoms with Crippen LogP contribution in [0.25, 0.3) is 0 Å². The van der Waals surface area contributed by atoms with Crippen LogP contribution in [0.4, 0.5) is 5.82 Å². The van der Waals surface area contributed by atoms with Gasteiger partial charge in [0.25, 0.3) is 5.56 Å². The fraction of sp³-hybridized carbons (Fsp3) is 0.750. The fourth-order valence-corrected chi connectivity index (χ4v) is 2.97. The summed E-state index contributed by atoms with van der Waals surface area (Å²) in [7, 11) is 2.00. The topological polar surface area (TPSA) is 50.2 Å². The summed E-state index contributed by atoms with van der Waals surface area (Å²) in [4.78, 5) is 19.0. The zero-order valence-electron chi connectivity index (χ0n) is 13.5. The lowest BCUT2D eigenvalue weighted by molar-refractivity contribution is 0.375. The first-order valence-corrected chi connectivity index (χ1v) is 8.06. The molecule has 118 valence electrons. The minimum atomic E-state index is 0.0554. The van der Waals surface area contributed by atoms with Crippen LogP contribution in [0.15, 0.2) is 17.2 Å². The van der Waals surface area contributed by atoms with E-state index in [9.17, 15) is 4.79 Å². The first kappa shape index (κ1) is 16.0. The van der Waals surface area contributed by atoms with Gasteiger partial charge >= 0.3 is 0 Å². The van der Waals surface area contributed by atoms with Gasteiger partial charge in [-0.1, -0.05) is 13.8 Å². The molecule has 1 N–H and O–H groups in total. The maximum atomic E-state index is 12.5. The van der Waals surface area contributed by atoms with Gasteiger partial charge in [0.2, 0.25) is 0 Å². The molecule has 0 unspecified atom stereocenters. The largest absolute Gasteiger partial charge is 0.352 e. The van der Waals surface area contributed by atoms with Crippen molar-refractivity contribution in [1.29, 1.82) is 0 Å². The van der Waals surface area contributed by atoms with Crippen LogP contribution in [-0.4, -0.2) is 36.2 Å². The molecule has 0 amide bonds. The molecule has 0 atom stereocenters. The maximum Gasteiger partial charge on any atom is 0.293 e. The first-order chi connectivity index (χ1) is 10.1. The SMILES string of the molecule is CNCCC1CCN(c2nccn(CC(C)C)c2=O)CC1. The Morgan fingerprint density at radius 3 is 2.71 bits per heavy atom. The predicted molar refractivity (Wildman–Crippen MR) is 86.8 cm³/mol. The number of rotatable bonds is 6. The Bertz CT molecular complexity index is 489. The van der Waals surface area contributed by atoms with Crippen molar-refractivity contribution in [1.82, 2.24) is 14.9 Å². The molecule has 21 heavy (non-hydrogen) atoms. The van der Waals surface area contributed by atoms with Gasteiger partial charge < -0.3 is 14.8 Å². The molecule has 1 aliphatic heterocycles. The molecule has 0 aromatic carbocycles. The van der Waals surface area contributed by atoms with E-state index >= 15 is 0 Å². The van der Waals surface area contributed by atoms with E-state index in [1.54, 1.807) is 17.0 Å². The second-order valence-corrected chi connectivity index (χ2v) is 6.42. The van der Waals surface area contributed by atoms with Crippen molar-refractivity contribution in [3.05, 3.63) is 22.7 Å². The number of aromatic nitrogens is 2. The highest BCUT2D eigenvalue weighted by molar-refractivity contribution is 5.36. The quantitative estimate of drug-likeness (QED) is 0.867. The van der Waals surface area contributed by atoms with Gasteiger partial charge in [0.1, 0.15) is 0 Å². The summed E-state index contributed by atoms with van der Waals surface area (Å²) < 4.78 is 1.79. The molecule has 5 heteroatoms. The van der Waals surface area contributed by atoms with Gasteiger partial charge in [0.05, 0.1) is 0 Å². The highest BCUT2D eigenvalue weighted by Crippen LogP contribution is 2.22. The summed E-state index contributed by atoms with van der Waals surface area (Å²) in [5, 5.41) is 3.21. The number of hydrogen-bond acceptors (Lipinski definition) is 4. The average Bonchev–Trinajstić information content (AvgIpc) is 2.47. The molecule has 1 aromatic rings. The zero-order chi connectivity index (χ0) is 15.2. The summed E-state index contributed by atoms with van der Waals surface area (Å²) in [6.45, 7) is 7.98. The van der Waals surface area contributed by atoms with Crippen LogP contribution in [0.2, 0.25) is 0 Å². The van der Waals surface area contributed by atoms with E-state index in [1.165, 1.54) is 6.42 Å². The van der Waals surface area contributed by atoms with Crippen molar-refractivity contribution in [2.45, 2.75) is 39.7 Å². The summed E-state index contributed by atoms with van der Waals surface area (Å²) >= 11 is 0. The lowest BCUT2D eigenvalue weighted by Crippen LogP contribution is -2.39. The monoisotopic (exact) mass is 292 g/mol. The molecule has 0 aliphatic carbocycles. The predicted octanol–water partition coefficient (Wildman–Crippen LogP) is 1.73. The Labute approximate surface area is 127 Å². The number of anilines is 1. The smallest absolute Gasteiger partial charge is 0.293 e. The van der Waals surface area contributed by atoms with Crippen LogP contribution in [0, 0.1) is 11.8 Å². The van der Waals surface area contributed by atoms with E-state index in [-0.39, 0.29) is 5.56 Å². The minimum absolute atomic E-state index is 0.0554. The van der Waals surface area contributed by atoms with Gasteiger partial charge in [0.15, 0.2) is 5.82 Å². The molecule has 1 fully saturated rings. The van der Waals surface area contributed by atoms with Crippen LogP contribution in [0.5, 0.6) is 0 Å². The molecule has 1 saturated heterocycles. The summed E-state index contributed by atoms with van der Waals surface area (Å²) in [5.74, 6) is 1.87. The van der Waals surface area contributed by atoms with Gasteiger partial charge in [-0.25, -0.2) is 4.98 Å². The molecule has 0 radical (unpaired) electrons. The van der Waals surface area contributed by atoms with Crippen molar-refractivity contribution in [3.63, 3.8) is 0 Å². The Hall–Kier alpha value is -1.36. The Kier molecular flexibility index (Phi) is 5.79. The standard InChI is InChI=1S/C16H28N4O/c1-13(2)12-20-11-8-18-15(16(20)21)19-9-5-14(6-10-19)4-7-17-3/h8,11,13-14,17H,4-7,9-10,12H2,1-3H3. The van der Waals surface area contributed by atoms with E-state index in [2.05, 4.69) is 29.0 Å². The van der Waals surface area contributed by atoms with E-state index in [0.29, 0.717) is 11.7 Å². The average molecular weight is 292 g/mol. The molecule has 1 aromatic heterocycles. The molecule has 1 aliphatic rings. The van der Waals surface area contributed by atoms with E-state index in [4.69, 9.17) is 0 Å². The van der Waals surface area contributed by atoms with Crippen molar-refractivity contribution in [2.75, 3.05) is 31.6 Å². The highest BCUT2D eigenvalue weighted by atomic mass is 16.1. The number of nitrogens with one attached hydrogen (secondary N) is 1. The van der Waals surface area contributed by atoms with Crippen molar-refractivity contribution < 1.29 is 0 Å². The molecule has 2 heterocycles. The number of nitrogens with zero attached hydrogens (tertiary/aromatic N) is 3. The van der Waals surface area contributed by atoms with Crippen molar-refractivity contribution >= 4 is 5.82 Å². The maximum absolute atomic E-state index is 12.5. The summed E-state index contributed by atoms with van der Waals surface area (Å²) in [6, 6.07) is 0. The lowest BCUT2D eigenvalue weighted by atomic mass is 9.93. The fourth-order valence-electron chi connectivity index (χ4n) is 2.97. The Morgan fingerprint density at radius 1 is 1.38 bits per heavy atom. The number of piperidine rings is 1. The van der Waals surface area contributed by atoms with Gasteiger partial charge in [-0.05, 0) is 44.7 Å². The van der Waals surface area contributed by atoms with Gasteiger partial charge in [-0.3, -0.25) is 4.79 Å². The lowest BCUT2D eigenvalue weighted by Gasteiger charge is -2.32. The van der Waals surface area contributed by atoms with Crippen molar-refractivity contribution in [2.24, 2.45) is 11.8 Å². The Morgan fingerprint density at radius 2 is 2.10 bits per heavy atom. The number of hydrogen-bond donors (Lipinski definition) is 1. The third kappa shape index (κ3) is 4.30. The van der Waals surface area contributed by atoms with Crippen LogP contribution >= 0.6 is 0 Å². The molecule has 5 nitrogen and oxygen atoms in total. The van der Waals surface area contributed by atoms with Crippen LogP contribution in [0.1, 0.15) is 33.1 Å². The third-order valence-corrected chi connectivity index (χ3v) is 4.17. The molecule has 2 rings (SSSR count). The highest BCUT2D eigenvalue weighted by Gasteiger charge is 2.22. The van der Waals surface area contributed by atoms with E-state index in [0.717, 1.165) is 44.9 Å². The second-order valence-electron chi connectivity index (χ2n) is 6.42. The summed E-state index contributed by atoms with van der Waals surface area (Å²) in [6.07, 6.45) is 7.09. The third-order valence-electron chi connectivity index (χ3n) is 4.17. The zero-order valence-corrected chi connectivity index (χ0v) is 13.5. The van der Waals surface area contributed by atoms with E-state index < -0.39 is 0 Å². The normalized spacial score (nSPS) is 16.7. The second kappa shape index (κ2) is 7.59. The molecular formula is C16H28N4O. The molecule has 0 spiro atoms. The van der Waals surface area contributed by atoms with Gasteiger partial charge in [0, 0.05) is 32.0 Å². The van der Waals surface area contributed by atoms with Gasteiger partial charge in [-0.15, -0.1) is 0 Å². The first-order valence-electron chi connectivity index (χ1n) is 8.06. The van der Waals surface area contributed by atoms with Crippen LogP contribution in [0.3, 0.4) is 0 Å². The summed E-state index contributed by atoms with van der Waals surface area (Å²) in [5.41, 5.74) is 0.0554. The Balaban J connectivity index is 2.02. The minimum Gasteiger partial charge on any atom is -0.352 e. The molecule has 0 saturated carbocycles. The van der Waals surface area contributed by atoms with Crippen molar-refractivity contribution in [3.8, 4) is 0 Å². The van der Waals surface area contributed by atoms with E-state index in [1.807, 2.05) is 7.05 Å².